The van der Waals surface area contributed by atoms with E-state index in [1.54, 1.807) is 0 Å². The van der Waals surface area contributed by atoms with Crippen molar-refractivity contribution in [3.8, 4) is 89.5 Å². The van der Waals surface area contributed by atoms with Crippen molar-refractivity contribution >= 4 is 66.4 Å². The number of benzene rings is 14. The van der Waals surface area contributed by atoms with Crippen molar-refractivity contribution in [3.63, 3.8) is 0 Å². The highest BCUT2D eigenvalue weighted by Crippen LogP contribution is 2.40. The van der Waals surface area contributed by atoms with Crippen LogP contribution in [-0.2, 0) is 0 Å². The summed E-state index contributed by atoms with van der Waals surface area (Å²) in [6.07, 6.45) is 0. The fraction of sp³-hybridized carbons (Fsp3) is 0. The van der Waals surface area contributed by atoms with Crippen molar-refractivity contribution in [2.75, 3.05) is 10.2 Å². The van der Waals surface area contributed by atoms with Gasteiger partial charge in [-0.05, 0) is 142 Å². The van der Waals surface area contributed by atoms with Gasteiger partial charge in [-0.1, -0.05) is 295 Å². The van der Waals surface area contributed by atoms with Crippen molar-refractivity contribution in [3.05, 3.63) is 381 Å². The minimum Gasteiger partial charge on any atom is -0.356 e. The van der Waals surface area contributed by atoms with Gasteiger partial charge < -0.3 is 10.2 Å². The first-order valence-electron chi connectivity index (χ1n) is 31.7. The van der Waals surface area contributed by atoms with Crippen LogP contribution in [0.15, 0.2) is 381 Å². The summed E-state index contributed by atoms with van der Waals surface area (Å²) in [5.74, 6) is 0. The molecule has 0 bridgehead atoms. The van der Waals surface area contributed by atoms with E-state index in [2.05, 4.69) is 293 Å². The number of aromatic nitrogens is 4. The fourth-order valence-corrected chi connectivity index (χ4v) is 11.9. The van der Waals surface area contributed by atoms with E-state index in [1.165, 1.54) is 44.5 Å². The average Bonchev–Trinajstić information content (AvgIpc) is 0.875. The fourth-order valence-electron chi connectivity index (χ4n) is 11.6. The first kappa shape index (κ1) is 60.4. The lowest BCUT2D eigenvalue weighted by molar-refractivity contribution is 1.27. The Labute approximate surface area is 563 Å². The predicted octanol–water partition coefficient (Wildman–Crippen LogP) is 24.3. The molecule has 0 unspecified atom stereocenters. The molecule has 0 amide bonds. The molecule has 7 heteroatoms. The molecule has 16 aromatic rings. The summed E-state index contributed by atoms with van der Waals surface area (Å²) in [7, 11) is 0. The number of para-hydroxylation sites is 4. The topological polar surface area (TPSA) is 66.8 Å². The van der Waals surface area contributed by atoms with Crippen LogP contribution in [0.3, 0.4) is 0 Å². The molecule has 2 aromatic heterocycles. The number of nitrogens with one attached hydrogen (secondary N) is 1. The minimum atomic E-state index is 0.868. The molecule has 16 rings (SSSR count). The molecule has 1 N–H and O–H groups in total. The Morgan fingerprint density at radius 3 is 0.642 bits per heavy atom. The van der Waals surface area contributed by atoms with Crippen LogP contribution >= 0.6 is 15.9 Å². The van der Waals surface area contributed by atoms with Gasteiger partial charge in [-0.2, -0.15) is 0 Å². The van der Waals surface area contributed by atoms with E-state index in [0.717, 1.165) is 100 Å². The Hall–Kier alpha value is -12.2. The highest BCUT2D eigenvalue weighted by Gasteiger charge is 2.18. The zero-order valence-electron chi connectivity index (χ0n) is 51.9. The maximum atomic E-state index is 5.11. The van der Waals surface area contributed by atoms with Gasteiger partial charge in [0.1, 0.15) is 0 Å². The van der Waals surface area contributed by atoms with Gasteiger partial charge in [-0.3, -0.25) is 0 Å². The van der Waals surface area contributed by atoms with Crippen LogP contribution in [0.1, 0.15) is 0 Å². The van der Waals surface area contributed by atoms with Gasteiger partial charge in [0.15, 0.2) is 0 Å². The third-order valence-electron chi connectivity index (χ3n) is 16.5. The Balaban J connectivity index is 0.000000136. The minimum absolute atomic E-state index is 0.868. The van der Waals surface area contributed by atoms with E-state index in [9.17, 15) is 0 Å². The molecule has 0 aliphatic carbocycles. The maximum Gasteiger partial charge on any atom is 0.0973 e. The Kier molecular flexibility index (Phi) is 18.4. The Morgan fingerprint density at radius 2 is 0.379 bits per heavy atom. The SMILES string of the molecule is Brc1ccc(-c2nc3ccccc3nc2-c2ccccc2)cc1.c1ccc(-c2ccc(N(c3ccc(-c4ccccc4)cc3)c3ccc(-c4nc5ccccc5nc4-c4ccccc4)cc3)cc2)cc1.c1ccc(-c2ccc(Nc3ccc(-c4ccccc4)cc3)cc2)cc1. The van der Waals surface area contributed by atoms with E-state index >= 15 is 0 Å². The quantitative estimate of drug-likeness (QED) is 0.124. The summed E-state index contributed by atoms with van der Waals surface area (Å²) >= 11 is 3.49. The maximum absolute atomic E-state index is 5.11. The molecule has 0 aliphatic rings. The first-order valence-corrected chi connectivity index (χ1v) is 32.5. The summed E-state index contributed by atoms with van der Waals surface area (Å²) in [5.41, 5.74) is 26.5. The molecule has 95 heavy (non-hydrogen) atoms. The molecule has 0 spiro atoms. The molecule has 0 aliphatic heterocycles. The van der Waals surface area contributed by atoms with E-state index in [4.69, 9.17) is 19.9 Å². The monoisotopic (exact) mass is 1280 g/mol. The number of fused-ring (bicyclic) bond motifs is 2. The summed E-state index contributed by atoms with van der Waals surface area (Å²) in [6, 6.07) is 130. The van der Waals surface area contributed by atoms with Gasteiger partial charge in [0.2, 0.25) is 0 Å². The van der Waals surface area contributed by atoms with E-state index < -0.39 is 0 Å². The predicted molar refractivity (Wildman–Crippen MR) is 401 cm³/mol. The van der Waals surface area contributed by atoms with Crippen molar-refractivity contribution < 1.29 is 0 Å². The smallest absolute Gasteiger partial charge is 0.0973 e. The number of hydrogen-bond donors (Lipinski definition) is 1. The van der Waals surface area contributed by atoms with Crippen molar-refractivity contribution in [2.24, 2.45) is 0 Å². The highest BCUT2D eigenvalue weighted by molar-refractivity contribution is 9.10. The Bertz CT molecular complexity index is 4960. The molecule has 0 saturated heterocycles. The van der Waals surface area contributed by atoms with Gasteiger partial charge in [0, 0.05) is 55.2 Å². The molecule has 14 aromatic carbocycles. The molecular formula is C88H63BrN6. The first-order chi connectivity index (χ1) is 47.0. The number of rotatable bonds is 13. The summed E-state index contributed by atoms with van der Waals surface area (Å²) in [5, 5.41) is 3.46. The second-order valence-electron chi connectivity index (χ2n) is 22.8. The summed E-state index contributed by atoms with van der Waals surface area (Å²) in [6.45, 7) is 0. The summed E-state index contributed by atoms with van der Waals surface area (Å²) < 4.78 is 1.05. The third kappa shape index (κ3) is 14.5. The zero-order chi connectivity index (χ0) is 64.0. The van der Waals surface area contributed by atoms with Crippen LogP contribution in [0.4, 0.5) is 28.4 Å². The molecule has 0 saturated carbocycles. The number of halogens is 1. The highest BCUT2D eigenvalue weighted by atomic mass is 79.9. The molecular weight excluding hydrogens is 1220 g/mol. The lowest BCUT2D eigenvalue weighted by Crippen LogP contribution is -2.10. The number of anilines is 5. The Morgan fingerprint density at radius 1 is 0.189 bits per heavy atom. The second-order valence-corrected chi connectivity index (χ2v) is 23.7. The average molecular weight is 1280 g/mol. The van der Waals surface area contributed by atoms with Gasteiger partial charge in [-0.15, -0.1) is 0 Å². The van der Waals surface area contributed by atoms with Crippen LogP contribution in [-0.4, -0.2) is 19.9 Å². The largest absolute Gasteiger partial charge is 0.356 e. The van der Waals surface area contributed by atoms with Gasteiger partial charge >= 0.3 is 0 Å². The van der Waals surface area contributed by atoms with Crippen molar-refractivity contribution in [1.82, 2.24) is 19.9 Å². The molecule has 6 nitrogen and oxygen atoms in total. The summed E-state index contributed by atoms with van der Waals surface area (Å²) in [4.78, 5) is 22.2. The van der Waals surface area contributed by atoms with Gasteiger partial charge in [-0.25, -0.2) is 19.9 Å². The lowest BCUT2D eigenvalue weighted by Gasteiger charge is -2.26. The van der Waals surface area contributed by atoms with Gasteiger partial charge in [0.25, 0.3) is 0 Å². The van der Waals surface area contributed by atoms with Crippen LogP contribution in [0, 0.1) is 0 Å². The van der Waals surface area contributed by atoms with Crippen LogP contribution in [0.25, 0.3) is 112 Å². The lowest BCUT2D eigenvalue weighted by atomic mass is 10.0. The van der Waals surface area contributed by atoms with E-state index in [0.29, 0.717) is 0 Å². The van der Waals surface area contributed by atoms with Crippen molar-refractivity contribution in [2.45, 2.75) is 0 Å². The van der Waals surface area contributed by atoms with E-state index in [1.807, 2.05) is 109 Å². The number of nitrogens with zero attached hydrogens (tertiary/aromatic N) is 5. The van der Waals surface area contributed by atoms with Crippen LogP contribution in [0.2, 0.25) is 0 Å². The molecule has 0 atom stereocenters. The third-order valence-corrected chi connectivity index (χ3v) is 17.0. The molecule has 2 heterocycles. The van der Waals surface area contributed by atoms with Crippen LogP contribution < -0.4 is 10.2 Å². The standard InChI is InChI=1S/C44H31N3.C24H19N.C20H13BrN2/c1-4-12-32(13-5-1)34-20-26-38(27-21-34)47(39-28-22-35(23-29-39)33-14-6-2-7-15-33)40-30-24-37(25-31-40)44-43(36-16-8-3-9-17-36)45-41-18-10-11-19-42(41)46-44;1-3-7-19(8-4-1)21-11-15-23(16-12-21)25-24-17-13-22(14-18-24)20-9-5-2-6-10-20;21-16-12-10-15(11-13-16)20-19(14-6-2-1-3-7-14)22-17-8-4-5-9-18(17)23-20/h1-31H;1-18,25H;1-13H. The normalized spacial score (nSPS) is 10.8. The van der Waals surface area contributed by atoms with Gasteiger partial charge in [0.05, 0.1) is 44.8 Å². The second kappa shape index (κ2) is 29.0. The zero-order valence-corrected chi connectivity index (χ0v) is 53.5. The van der Waals surface area contributed by atoms with Crippen LogP contribution in [0.5, 0.6) is 0 Å². The molecule has 0 fully saturated rings. The molecule has 0 radical (unpaired) electrons. The molecule has 452 valence electrons. The number of hydrogen-bond acceptors (Lipinski definition) is 6. The van der Waals surface area contributed by atoms with Crippen molar-refractivity contribution in [1.29, 1.82) is 0 Å². The van der Waals surface area contributed by atoms with E-state index in [-0.39, 0.29) is 0 Å².